The van der Waals surface area contributed by atoms with E-state index in [1.54, 1.807) is 5.01 Å². The number of carbonyl (C=O) groups is 1. The van der Waals surface area contributed by atoms with Gasteiger partial charge in [-0.1, -0.05) is 77.6 Å². The fraction of sp³-hybridized carbons (Fsp3) is 0.947. The number of unbranched alkanes of at least 4 members (excludes halogenated alkanes) is 11. The third-order valence-electron chi connectivity index (χ3n) is 4.91. The predicted molar refractivity (Wildman–Crippen MR) is 105 cm³/mol. The van der Waals surface area contributed by atoms with Crippen molar-refractivity contribution >= 4 is 18.3 Å². The molecule has 0 bridgehead atoms. The van der Waals surface area contributed by atoms with Crippen LogP contribution in [0.5, 0.6) is 0 Å². The van der Waals surface area contributed by atoms with E-state index in [1.165, 1.54) is 70.6 Å². The molecule has 1 saturated heterocycles. The Labute approximate surface area is 155 Å². The molecule has 24 heavy (non-hydrogen) atoms. The average molecular weight is 362 g/mol. The van der Waals surface area contributed by atoms with Gasteiger partial charge >= 0.3 is 0 Å². The third-order valence-corrected chi connectivity index (χ3v) is 4.91. The molecule has 0 saturated carbocycles. The number of nitrogens with zero attached hydrogens (tertiary/aromatic N) is 2. The zero-order valence-electron chi connectivity index (χ0n) is 15.8. The van der Waals surface area contributed by atoms with Crippen molar-refractivity contribution in [1.82, 2.24) is 9.91 Å². The van der Waals surface area contributed by atoms with Crippen LogP contribution in [0.4, 0.5) is 0 Å². The lowest BCUT2D eigenvalue weighted by Crippen LogP contribution is -2.51. The Morgan fingerprint density at radius 3 is 1.62 bits per heavy atom. The molecule has 0 atom stereocenters. The fourth-order valence-electron chi connectivity index (χ4n) is 3.25. The Bertz CT molecular complexity index is 294. The minimum atomic E-state index is 0. The highest BCUT2D eigenvalue weighted by Crippen LogP contribution is 2.13. The molecule has 2 N–H and O–H groups in total. The van der Waals surface area contributed by atoms with Gasteiger partial charge in [-0.05, 0) is 6.42 Å². The van der Waals surface area contributed by atoms with Gasteiger partial charge in [-0.15, -0.1) is 12.4 Å². The molecule has 0 aliphatic carbocycles. The van der Waals surface area contributed by atoms with Crippen molar-refractivity contribution in [1.29, 1.82) is 0 Å². The molecule has 0 unspecified atom stereocenters. The highest BCUT2D eigenvalue weighted by molar-refractivity contribution is 5.85. The topological polar surface area (TPSA) is 49.6 Å². The summed E-state index contributed by atoms with van der Waals surface area (Å²) < 4.78 is 0. The van der Waals surface area contributed by atoms with Gasteiger partial charge in [-0.25, -0.2) is 5.01 Å². The van der Waals surface area contributed by atoms with Crippen molar-refractivity contribution in [3.8, 4) is 0 Å². The fourth-order valence-corrected chi connectivity index (χ4v) is 3.25. The Morgan fingerprint density at radius 1 is 0.750 bits per heavy atom. The summed E-state index contributed by atoms with van der Waals surface area (Å²) in [4.78, 5) is 14.0. The second kappa shape index (κ2) is 16.2. The Kier molecular flexibility index (Phi) is 15.9. The van der Waals surface area contributed by atoms with Crippen LogP contribution in [0.25, 0.3) is 0 Å². The molecule has 1 rings (SSSR count). The normalized spacial score (nSPS) is 15.3. The summed E-state index contributed by atoms with van der Waals surface area (Å²) in [6.07, 6.45) is 16.8. The highest BCUT2D eigenvalue weighted by Gasteiger charge is 2.18. The molecule has 4 nitrogen and oxygen atoms in total. The molecule has 1 fully saturated rings. The van der Waals surface area contributed by atoms with Gasteiger partial charge < -0.3 is 4.90 Å². The SMILES string of the molecule is CCCCCCCCCCCCCCC(=O)N1CCN(N)CC1.Cl. The lowest BCUT2D eigenvalue weighted by Gasteiger charge is -2.32. The molecule has 144 valence electrons. The van der Waals surface area contributed by atoms with E-state index in [1.807, 2.05) is 4.90 Å². The molecule has 1 heterocycles. The van der Waals surface area contributed by atoms with Gasteiger partial charge in [0.2, 0.25) is 5.91 Å². The number of amides is 1. The Hall–Kier alpha value is -0.320. The number of hydrogen-bond acceptors (Lipinski definition) is 3. The van der Waals surface area contributed by atoms with Crippen LogP contribution in [0.2, 0.25) is 0 Å². The van der Waals surface area contributed by atoms with E-state index in [0.29, 0.717) is 5.91 Å². The van der Waals surface area contributed by atoms with Gasteiger partial charge in [0.15, 0.2) is 0 Å². The summed E-state index contributed by atoms with van der Waals surface area (Å²) in [5.41, 5.74) is 0. The summed E-state index contributed by atoms with van der Waals surface area (Å²) in [6, 6.07) is 0. The van der Waals surface area contributed by atoms with E-state index < -0.39 is 0 Å². The Balaban J connectivity index is 0.00000529. The quantitative estimate of drug-likeness (QED) is 0.387. The molecule has 1 aliphatic rings. The van der Waals surface area contributed by atoms with Crippen molar-refractivity contribution in [2.24, 2.45) is 5.84 Å². The molecule has 5 heteroatoms. The number of carbonyl (C=O) groups excluding carboxylic acids is 1. The standard InChI is InChI=1S/C19H39N3O.ClH/c1-2-3-4-5-6-7-8-9-10-11-12-13-14-19(23)21-15-17-22(20)18-16-21;/h2-18,20H2,1H3;1H. The van der Waals surface area contributed by atoms with Crippen LogP contribution in [0.15, 0.2) is 0 Å². The molecule has 0 aromatic rings. The van der Waals surface area contributed by atoms with Gasteiger partial charge in [0.1, 0.15) is 0 Å². The van der Waals surface area contributed by atoms with E-state index in [0.717, 1.165) is 39.0 Å². The number of halogens is 1. The molecule has 1 aliphatic heterocycles. The first-order valence-electron chi connectivity index (χ1n) is 10.0. The van der Waals surface area contributed by atoms with Crippen LogP contribution in [-0.2, 0) is 4.79 Å². The molecule has 0 aromatic heterocycles. The Morgan fingerprint density at radius 2 is 1.17 bits per heavy atom. The smallest absolute Gasteiger partial charge is 0.222 e. The van der Waals surface area contributed by atoms with Gasteiger partial charge in [0, 0.05) is 32.6 Å². The van der Waals surface area contributed by atoms with Crippen molar-refractivity contribution in [2.45, 2.75) is 90.4 Å². The number of rotatable bonds is 13. The van der Waals surface area contributed by atoms with Crippen molar-refractivity contribution in [2.75, 3.05) is 26.2 Å². The first kappa shape index (κ1) is 23.7. The summed E-state index contributed by atoms with van der Waals surface area (Å²) >= 11 is 0. The second-order valence-electron chi connectivity index (χ2n) is 7.06. The van der Waals surface area contributed by atoms with Crippen LogP contribution in [0, 0.1) is 0 Å². The number of piperazine rings is 1. The molecule has 1 amide bonds. The van der Waals surface area contributed by atoms with Crippen molar-refractivity contribution in [3.05, 3.63) is 0 Å². The van der Waals surface area contributed by atoms with E-state index in [9.17, 15) is 4.79 Å². The van der Waals surface area contributed by atoms with E-state index in [4.69, 9.17) is 5.84 Å². The van der Waals surface area contributed by atoms with Crippen LogP contribution in [0.3, 0.4) is 0 Å². The van der Waals surface area contributed by atoms with Gasteiger partial charge in [-0.2, -0.15) is 0 Å². The van der Waals surface area contributed by atoms with Gasteiger partial charge in [0.05, 0.1) is 0 Å². The van der Waals surface area contributed by atoms with Gasteiger partial charge in [-0.3, -0.25) is 10.6 Å². The zero-order valence-corrected chi connectivity index (χ0v) is 16.6. The van der Waals surface area contributed by atoms with E-state index in [2.05, 4.69) is 6.92 Å². The molecule has 0 aromatic carbocycles. The van der Waals surface area contributed by atoms with Crippen LogP contribution >= 0.6 is 12.4 Å². The molecular weight excluding hydrogens is 322 g/mol. The summed E-state index contributed by atoms with van der Waals surface area (Å²) in [6.45, 7) is 5.49. The molecular formula is C19H40ClN3O. The maximum absolute atomic E-state index is 12.1. The highest BCUT2D eigenvalue weighted by atomic mass is 35.5. The first-order valence-corrected chi connectivity index (χ1v) is 10.0. The minimum absolute atomic E-state index is 0. The monoisotopic (exact) mass is 361 g/mol. The van der Waals surface area contributed by atoms with Crippen LogP contribution in [-0.4, -0.2) is 42.0 Å². The largest absolute Gasteiger partial charge is 0.340 e. The van der Waals surface area contributed by atoms with Crippen LogP contribution in [0.1, 0.15) is 90.4 Å². The minimum Gasteiger partial charge on any atom is -0.340 e. The zero-order chi connectivity index (χ0) is 16.8. The van der Waals surface area contributed by atoms with E-state index in [-0.39, 0.29) is 12.4 Å². The summed E-state index contributed by atoms with van der Waals surface area (Å²) in [5.74, 6) is 6.04. The van der Waals surface area contributed by atoms with Gasteiger partial charge in [0.25, 0.3) is 0 Å². The maximum atomic E-state index is 12.1. The maximum Gasteiger partial charge on any atom is 0.222 e. The lowest BCUT2D eigenvalue weighted by atomic mass is 10.0. The molecule has 0 radical (unpaired) electrons. The average Bonchev–Trinajstić information content (AvgIpc) is 2.56. The number of hydrogen-bond donors (Lipinski definition) is 1. The van der Waals surface area contributed by atoms with Crippen molar-refractivity contribution < 1.29 is 4.79 Å². The predicted octanol–water partition coefficient (Wildman–Crippen LogP) is 4.52. The lowest BCUT2D eigenvalue weighted by molar-refractivity contribution is -0.133. The number of nitrogens with two attached hydrogens (primary N) is 1. The summed E-state index contributed by atoms with van der Waals surface area (Å²) in [7, 11) is 0. The van der Waals surface area contributed by atoms with Crippen LogP contribution < -0.4 is 5.84 Å². The van der Waals surface area contributed by atoms with E-state index >= 15 is 0 Å². The summed E-state index contributed by atoms with van der Waals surface area (Å²) in [5, 5.41) is 1.80. The molecule has 0 spiro atoms. The third kappa shape index (κ3) is 12.1. The second-order valence-corrected chi connectivity index (χ2v) is 7.06. The first-order chi connectivity index (χ1) is 11.2. The van der Waals surface area contributed by atoms with Crippen molar-refractivity contribution in [3.63, 3.8) is 0 Å². The number of hydrazine groups is 1.